The highest BCUT2D eigenvalue weighted by atomic mass is 79.9. The van der Waals surface area contributed by atoms with Crippen LogP contribution < -0.4 is 0 Å². The summed E-state index contributed by atoms with van der Waals surface area (Å²) in [6.45, 7) is 0. The van der Waals surface area contributed by atoms with Gasteiger partial charge in [-0.25, -0.2) is 0 Å². The van der Waals surface area contributed by atoms with Gasteiger partial charge in [-0.1, -0.05) is 15.9 Å². The molecular formula is C6H8BrN3O2. The zero-order valence-corrected chi connectivity index (χ0v) is 8.11. The molecule has 0 radical (unpaired) electrons. The van der Waals surface area contributed by atoms with Crippen molar-refractivity contribution in [2.75, 3.05) is 5.33 Å². The zero-order valence-electron chi connectivity index (χ0n) is 6.53. The molecule has 12 heavy (non-hydrogen) atoms. The van der Waals surface area contributed by atoms with Crippen molar-refractivity contribution in [2.45, 2.75) is 6.42 Å². The molecule has 0 unspecified atom stereocenters. The van der Waals surface area contributed by atoms with Crippen molar-refractivity contribution in [3.63, 3.8) is 0 Å². The minimum Gasteiger partial charge on any atom is -0.358 e. The van der Waals surface area contributed by atoms with Crippen LogP contribution in [-0.4, -0.2) is 19.8 Å². The molecule has 0 aliphatic rings. The molecule has 0 bridgehead atoms. The lowest BCUT2D eigenvalue weighted by molar-refractivity contribution is -0.390. The van der Waals surface area contributed by atoms with Crippen LogP contribution >= 0.6 is 15.9 Å². The van der Waals surface area contributed by atoms with E-state index in [0.29, 0.717) is 17.4 Å². The number of nitro groups is 1. The first kappa shape index (κ1) is 9.18. The summed E-state index contributed by atoms with van der Waals surface area (Å²) < 4.78 is 1.67. The number of hydrogen-bond acceptors (Lipinski definition) is 3. The van der Waals surface area contributed by atoms with Crippen molar-refractivity contribution in [3.05, 3.63) is 22.1 Å². The SMILES string of the molecule is Cn1cnc([N+](=O)[O-])c1CCBr. The van der Waals surface area contributed by atoms with Gasteiger partial charge in [0.15, 0.2) is 0 Å². The lowest BCUT2D eigenvalue weighted by Gasteiger charge is -1.97. The minimum absolute atomic E-state index is 0.0445. The maximum Gasteiger partial charge on any atom is 0.384 e. The Kier molecular flexibility index (Phi) is 2.80. The van der Waals surface area contributed by atoms with Gasteiger partial charge in [-0.3, -0.25) is 0 Å². The summed E-state index contributed by atoms with van der Waals surface area (Å²) in [4.78, 5) is 13.6. The Balaban J connectivity index is 3.03. The predicted molar refractivity (Wildman–Crippen MR) is 47.4 cm³/mol. The second-order valence-electron chi connectivity index (χ2n) is 2.32. The normalized spacial score (nSPS) is 10.2. The van der Waals surface area contributed by atoms with Gasteiger partial charge in [-0.05, 0) is 9.91 Å². The van der Waals surface area contributed by atoms with Crippen LogP contribution in [0.25, 0.3) is 0 Å². The van der Waals surface area contributed by atoms with Crippen molar-refractivity contribution in [1.29, 1.82) is 0 Å². The maximum absolute atomic E-state index is 10.4. The van der Waals surface area contributed by atoms with E-state index in [1.807, 2.05) is 0 Å². The van der Waals surface area contributed by atoms with Crippen molar-refractivity contribution in [2.24, 2.45) is 7.05 Å². The third-order valence-electron chi connectivity index (χ3n) is 1.54. The minimum atomic E-state index is -0.460. The second-order valence-corrected chi connectivity index (χ2v) is 3.11. The van der Waals surface area contributed by atoms with E-state index in [4.69, 9.17) is 0 Å². The fraction of sp³-hybridized carbons (Fsp3) is 0.500. The van der Waals surface area contributed by atoms with Gasteiger partial charge < -0.3 is 14.7 Å². The van der Waals surface area contributed by atoms with Crippen LogP contribution in [0.2, 0.25) is 0 Å². The van der Waals surface area contributed by atoms with Crippen LogP contribution in [0.15, 0.2) is 6.33 Å². The Morgan fingerprint density at radius 2 is 2.50 bits per heavy atom. The number of nitrogens with zero attached hydrogens (tertiary/aromatic N) is 3. The molecule has 6 heteroatoms. The number of aryl methyl sites for hydroxylation is 1. The third-order valence-corrected chi connectivity index (χ3v) is 1.94. The number of aromatic nitrogens is 2. The molecule has 0 N–H and O–H groups in total. The van der Waals surface area contributed by atoms with Gasteiger partial charge in [0.05, 0.1) is 0 Å². The quantitative estimate of drug-likeness (QED) is 0.449. The third kappa shape index (κ3) is 1.63. The van der Waals surface area contributed by atoms with Gasteiger partial charge in [0, 0.05) is 18.8 Å². The fourth-order valence-corrected chi connectivity index (χ4v) is 1.35. The molecule has 1 heterocycles. The van der Waals surface area contributed by atoms with Gasteiger partial charge in [0.25, 0.3) is 0 Å². The first-order chi connectivity index (χ1) is 5.66. The molecular weight excluding hydrogens is 226 g/mol. The van der Waals surface area contributed by atoms with Crippen LogP contribution in [-0.2, 0) is 13.5 Å². The van der Waals surface area contributed by atoms with Crippen LogP contribution in [0.4, 0.5) is 5.82 Å². The highest BCUT2D eigenvalue weighted by Crippen LogP contribution is 2.15. The van der Waals surface area contributed by atoms with Gasteiger partial charge in [-0.2, -0.15) is 0 Å². The fourth-order valence-electron chi connectivity index (χ4n) is 0.973. The van der Waals surface area contributed by atoms with Crippen LogP contribution in [0.3, 0.4) is 0 Å². The Morgan fingerprint density at radius 3 is 3.00 bits per heavy atom. The van der Waals surface area contributed by atoms with Gasteiger partial charge >= 0.3 is 5.82 Å². The van der Waals surface area contributed by atoms with E-state index < -0.39 is 4.92 Å². The Labute approximate surface area is 77.7 Å². The molecule has 66 valence electrons. The van der Waals surface area contributed by atoms with E-state index in [1.54, 1.807) is 11.6 Å². The molecule has 0 amide bonds. The van der Waals surface area contributed by atoms with E-state index in [-0.39, 0.29) is 5.82 Å². The summed E-state index contributed by atoms with van der Waals surface area (Å²) in [6.07, 6.45) is 2.07. The lowest BCUT2D eigenvalue weighted by Crippen LogP contribution is -2.00. The summed E-state index contributed by atoms with van der Waals surface area (Å²) in [7, 11) is 1.75. The summed E-state index contributed by atoms with van der Waals surface area (Å²) in [5, 5.41) is 11.1. The van der Waals surface area contributed by atoms with E-state index in [0.717, 1.165) is 0 Å². The van der Waals surface area contributed by atoms with Crippen molar-refractivity contribution < 1.29 is 4.92 Å². The van der Waals surface area contributed by atoms with Gasteiger partial charge in [0.2, 0.25) is 6.33 Å². The Hall–Kier alpha value is -0.910. The summed E-state index contributed by atoms with van der Waals surface area (Å²) >= 11 is 3.22. The molecule has 0 aliphatic heterocycles. The van der Waals surface area contributed by atoms with E-state index in [2.05, 4.69) is 20.9 Å². The molecule has 0 fully saturated rings. The Bertz CT molecular complexity index is 297. The summed E-state index contributed by atoms with van der Waals surface area (Å²) in [5.74, 6) is -0.0445. The van der Waals surface area contributed by atoms with Crippen LogP contribution in [0.1, 0.15) is 5.69 Å². The molecule has 1 aromatic heterocycles. The highest BCUT2D eigenvalue weighted by Gasteiger charge is 2.18. The maximum atomic E-state index is 10.4. The Morgan fingerprint density at radius 1 is 1.83 bits per heavy atom. The van der Waals surface area contributed by atoms with Crippen molar-refractivity contribution in [3.8, 4) is 0 Å². The largest absolute Gasteiger partial charge is 0.384 e. The van der Waals surface area contributed by atoms with Crippen molar-refractivity contribution in [1.82, 2.24) is 9.55 Å². The average Bonchev–Trinajstić information content (AvgIpc) is 2.34. The van der Waals surface area contributed by atoms with Crippen LogP contribution in [0, 0.1) is 10.1 Å². The first-order valence-electron chi connectivity index (χ1n) is 3.37. The smallest absolute Gasteiger partial charge is 0.358 e. The molecule has 0 aliphatic carbocycles. The average molecular weight is 234 g/mol. The molecule has 0 spiro atoms. The van der Waals surface area contributed by atoms with Crippen molar-refractivity contribution >= 4 is 21.7 Å². The number of alkyl halides is 1. The summed E-state index contributed by atoms with van der Waals surface area (Å²) in [5.41, 5.74) is 0.650. The molecule has 0 aromatic carbocycles. The lowest BCUT2D eigenvalue weighted by atomic mass is 10.3. The van der Waals surface area contributed by atoms with E-state index >= 15 is 0 Å². The number of imidazole rings is 1. The molecule has 1 aromatic rings. The molecule has 0 saturated heterocycles. The molecule has 0 saturated carbocycles. The number of rotatable bonds is 3. The van der Waals surface area contributed by atoms with Gasteiger partial charge in [-0.15, -0.1) is 0 Å². The topological polar surface area (TPSA) is 61.0 Å². The number of hydrogen-bond donors (Lipinski definition) is 0. The monoisotopic (exact) mass is 233 g/mol. The molecule has 5 nitrogen and oxygen atoms in total. The van der Waals surface area contributed by atoms with E-state index in [1.165, 1.54) is 6.33 Å². The number of halogens is 1. The molecule has 1 rings (SSSR count). The standard InChI is InChI=1S/C6H8BrN3O2/c1-9-4-8-6(10(11)12)5(9)2-3-7/h4H,2-3H2,1H3. The summed E-state index contributed by atoms with van der Waals surface area (Å²) in [6, 6.07) is 0. The van der Waals surface area contributed by atoms with Gasteiger partial charge in [0.1, 0.15) is 5.69 Å². The highest BCUT2D eigenvalue weighted by molar-refractivity contribution is 9.09. The molecule has 0 atom stereocenters. The van der Waals surface area contributed by atoms with Crippen LogP contribution in [0.5, 0.6) is 0 Å². The predicted octanol–water partition coefficient (Wildman–Crippen LogP) is 1.27. The zero-order chi connectivity index (χ0) is 9.14. The van der Waals surface area contributed by atoms with E-state index in [9.17, 15) is 10.1 Å². The second kappa shape index (κ2) is 3.66. The first-order valence-corrected chi connectivity index (χ1v) is 4.49.